The third-order valence-corrected chi connectivity index (χ3v) is 6.61. The van der Waals surface area contributed by atoms with E-state index in [4.69, 9.17) is 11.6 Å². The van der Waals surface area contributed by atoms with Crippen molar-refractivity contribution in [2.75, 3.05) is 25.1 Å². The highest BCUT2D eigenvalue weighted by atomic mass is 35.5. The molecule has 35 heavy (non-hydrogen) atoms. The van der Waals surface area contributed by atoms with Crippen molar-refractivity contribution < 1.29 is 19.2 Å². The van der Waals surface area contributed by atoms with Gasteiger partial charge in [0.15, 0.2) is 10.8 Å². The van der Waals surface area contributed by atoms with Crippen molar-refractivity contribution in [3.63, 3.8) is 0 Å². The predicted octanol–water partition coefficient (Wildman–Crippen LogP) is 0.715. The monoisotopic (exact) mass is 541 g/mol. The summed E-state index contributed by atoms with van der Waals surface area (Å²) in [6.45, 7) is 1.34. The molecule has 1 aliphatic heterocycles. The fourth-order valence-electron chi connectivity index (χ4n) is 3.29. The van der Waals surface area contributed by atoms with Crippen molar-refractivity contribution in [1.82, 2.24) is 30.9 Å². The maximum absolute atomic E-state index is 12.8. The number of aldehydes is 1. The van der Waals surface area contributed by atoms with Crippen LogP contribution in [0, 0.1) is 0 Å². The van der Waals surface area contributed by atoms with Gasteiger partial charge in [0, 0.05) is 43.2 Å². The first-order chi connectivity index (χ1) is 16.3. The van der Waals surface area contributed by atoms with Crippen LogP contribution < -0.4 is 21.1 Å². The minimum Gasteiger partial charge on any atom is -0.345 e. The number of hydrazine groups is 1. The van der Waals surface area contributed by atoms with Crippen LogP contribution in [0.1, 0.15) is 33.2 Å². The zero-order valence-corrected chi connectivity index (χ0v) is 21.2. The average molecular weight is 542 g/mol. The lowest BCUT2D eigenvalue weighted by Gasteiger charge is -2.22. The highest BCUT2D eigenvalue weighted by Gasteiger charge is 2.31. The Labute approximate surface area is 217 Å². The topological polar surface area (TPSA) is 137 Å². The van der Waals surface area contributed by atoms with E-state index in [0.717, 1.165) is 47.9 Å². The zero-order chi connectivity index (χ0) is 24.2. The number of anilines is 1. The Hall–Kier alpha value is -2.64. The normalized spacial score (nSPS) is 15.8. The molecule has 0 saturated heterocycles. The maximum atomic E-state index is 12.8. The molecule has 1 saturated carbocycles. The predicted molar refractivity (Wildman–Crippen MR) is 133 cm³/mol. The van der Waals surface area contributed by atoms with Gasteiger partial charge >= 0.3 is 11.8 Å². The number of amides is 3. The van der Waals surface area contributed by atoms with Gasteiger partial charge in [-0.2, -0.15) is 0 Å². The van der Waals surface area contributed by atoms with Crippen molar-refractivity contribution in [1.29, 1.82) is 0 Å². The Bertz CT molecular complexity index is 1090. The van der Waals surface area contributed by atoms with E-state index in [1.165, 1.54) is 23.6 Å². The van der Waals surface area contributed by atoms with E-state index in [1.54, 1.807) is 6.07 Å². The van der Waals surface area contributed by atoms with E-state index < -0.39 is 23.8 Å². The molecule has 3 N–H and O–H groups in total. The Morgan fingerprint density at radius 1 is 1.34 bits per heavy atom. The molecule has 0 spiro atoms. The van der Waals surface area contributed by atoms with Gasteiger partial charge in [-0.05, 0) is 32.0 Å². The van der Waals surface area contributed by atoms with E-state index in [9.17, 15) is 19.2 Å². The number of hydrogen-bond donors (Lipinski definition) is 3. The fourth-order valence-corrected chi connectivity index (χ4v) is 4.49. The molecule has 0 bridgehead atoms. The van der Waals surface area contributed by atoms with Crippen LogP contribution in [0.4, 0.5) is 5.82 Å². The first-order valence-corrected chi connectivity index (χ1v) is 12.0. The lowest BCUT2D eigenvalue weighted by molar-refractivity contribution is -0.138. The number of carbonyl (C=O) groups excluding carboxylic acids is 4. The molecule has 2 aliphatic rings. The highest BCUT2D eigenvalue weighted by molar-refractivity contribution is 7.13. The zero-order valence-electron chi connectivity index (χ0n) is 18.8. The number of hydrogen-bond acceptors (Lipinski definition) is 9. The van der Waals surface area contributed by atoms with Gasteiger partial charge in [0.05, 0.1) is 10.7 Å². The van der Waals surface area contributed by atoms with Crippen molar-refractivity contribution >= 4 is 65.2 Å². The van der Waals surface area contributed by atoms with Crippen molar-refractivity contribution in [2.24, 2.45) is 0 Å². The van der Waals surface area contributed by atoms with Gasteiger partial charge in [0.25, 0.3) is 5.91 Å². The number of thiazole rings is 1. The summed E-state index contributed by atoms with van der Waals surface area (Å²) in [5.41, 5.74) is 3.85. The van der Waals surface area contributed by atoms with Crippen molar-refractivity contribution in [3.05, 3.63) is 38.9 Å². The summed E-state index contributed by atoms with van der Waals surface area (Å²) in [6, 6.07) is 2.12. The molecule has 11 nitrogen and oxygen atoms in total. The van der Waals surface area contributed by atoms with Crippen LogP contribution >= 0.6 is 35.3 Å². The summed E-state index contributed by atoms with van der Waals surface area (Å²) >= 11 is 7.15. The Morgan fingerprint density at radius 2 is 2.11 bits per heavy atom. The third-order valence-electron chi connectivity index (χ3n) is 5.31. The lowest BCUT2D eigenvalue weighted by atomic mass is 10.2. The van der Waals surface area contributed by atoms with Gasteiger partial charge in [-0.25, -0.2) is 20.4 Å². The van der Waals surface area contributed by atoms with Gasteiger partial charge in [-0.3, -0.25) is 14.4 Å². The quantitative estimate of drug-likeness (QED) is 0.252. The standard InChI is InChI=1S/C21H24ClN7O4S.ClH/c1-28-7-6-15-16(10-28)34-20(26-15)18(31)25-14(11-30)9-24-19(32)21(33)29(27-13-3-4-13)17-5-2-12(22)8-23-17;/h2,5,8,11,13-14,27H,3-4,6-7,9-10H2,1H3,(H,24,32)(H,25,31);1H. The second-order valence-corrected chi connectivity index (χ2v) is 9.70. The summed E-state index contributed by atoms with van der Waals surface area (Å²) in [6.07, 6.45) is 4.38. The molecule has 0 radical (unpaired) electrons. The molecule has 2 aromatic rings. The summed E-state index contributed by atoms with van der Waals surface area (Å²) in [7, 11) is 2.00. The third kappa shape index (κ3) is 6.95. The Balaban J connectivity index is 0.00000342. The molecule has 1 atom stereocenters. The summed E-state index contributed by atoms with van der Waals surface area (Å²) in [5.74, 6) is -2.12. The van der Waals surface area contributed by atoms with Crippen LogP contribution in [0.3, 0.4) is 0 Å². The molecule has 1 aliphatic carbocycles. The molecule has 1 fully saturated rings. The minimum atomic E-state index is -1.02. The van der Waals surface area contributed by atoms with E-state index in [1.807, 2.05) is 7.05 Å². The number of fused-ring (bicyclic) bond motifs is 1. The number of pyridine rings is 1. The van der Waals surface area contributed by atoms with Crippen LogP contribution in [-0.2, 0) is 27.3 Å². The molecule has 3 amide bonds. The molecule has 14 heteroatoms. The van der Waals surface area contributed by atoms with Crippen LogP contribution in [0.5, 0.6) is 0 Å². The number of nitrogens with one attached hydrogen (secondary N) is 3. The van der Waals surface area contributed by atoms with E-state index in [2.05, 4.69) is 30.9 Å². The second-order valence-electron chi connectivity index (χ2n) is 8.18. The second kappa shape index (κ2) is 11.9. The number of nitrogens with zero attached hydrogens (tertiary/aromatic N) is 4. The number of likely N-dealkylation sites (N-methyl/N-ethyl adjacent to an activating group) is 1. The molecule has 188 valence electrons. The Morgan fingerprint density at radius 3 is 2.77 bits per heavy atom. The van der Waals surface area contributed by atoms with E-state index in [-0.39, 0.29) is 35.8 Å². The molecule has 1 unspecified atom stereocenters. The molecular weight excluding hydrogens is 517 g/mol. The summed E-state index contributed by atoms with van der Waals surface area (Å²) in [5, 5.41) is 6.68. The average Bonchev–Trinajstić information content (AvgIpc) is 3.55. The van der Waals surface area contributed by atoms with Crippen LogP contribution in [0.2, 0.25) is 5.02 Å². The molecule has 4 rings (SSSR count). The minimum absolute atomic E-state index is 0. The van der Waals surface area contributed by atoms with Crippen LogP contribution in [-0.4, -0.2) is 71.1 Å². The largest absolute Gasteiger partial charge is 0.345 e. The number of carbonyl (C=O) groups is 4. The van der Waals surface area contributed by atoms with Gasteiger partial charge < -0.3 is 20.3 Å². The number of rotatable bonds is 8. The maximum Gasteiger partial charge on any atom is 0.331 e. The van der Waals surface area contributed by atoms with E-state index in [0.29, 0.717) is 11.3 Å². The van der Waals surface area contributed by atoms with Crippen molar-refractivity contribution in [3.8, 4) is 0 Å². The fraction of sp³-hybridized carbons (Fsp3) is 0.429. The highest BCUT2D eigenvalue weighted by Crippen LogP contribution is 2.24. The summed E-state index contributed by atoms with van der Waals surface area (Å²) < 4.78 is 0. The first kappa shape index (κ1) is 27.0. The summed E-state index contributed by atoms with van der Waals surface area (Å²) in [4.78, 5) is 61.0. The van der Waals surface area contributed by atoms with Gasteiger partial charge in [-0.15, -0.1) is 23.7 Å². The SMILES string of the molecule is CN1CCc2nc(C(=O)NC(C=O)CNC(=O)C(=O)N(NC3CC3)c3ccc(Cl)cn3)sc2C1.Cl. The van der Waals surface area contributed by atoms with Crippen LogP contribution in [0.25, 0.3) is 0 Å². The molecular formula is C21H25Cl2N7O4S. The first-order valence-electron chi connectivity index (χ1n) is 10.8. The molecule has 2 aromatic heterocycles. The van der Waals surface area contributed by atoms with Crippen LogP contribution in [0.15, 0.2) is 18.3 Å². The van der Waals surface area contributed by atoms with E-state index >= 15 is 0 Å². The van der Waals surface area contributed by atoms with Gasteiger partial charge in [0.1, 0.15) is 12.3 Å². The number of halogens is 2. The smallest absolute Gasteiger partial charge is 0.331 e. The van der Waals surface area contributed by atoms with Gasteiger partial charge in [0.2, 0.25) is 0 Å². The Kier molecular flexibility index (Phi) is 9.14. The van der Waals surface area contributed by atoms with Gasteiger partial charge in [-0.1, -0.05) is 11.6 Å². The molecule has 0 aromatic carbocycles. The lowest BCUT2D eigenvalue weighted by Crippen LogP contribution is -2.53. The number of aromatic nitrogens is 2. The van der Waals surface area contributed by atoms with Crippen molar-refractivity contribution in [2.45, 2.75) is 37.9 Å². The molecule has 3 heterocycles.